The van der Waals surface area contributed by atoms with Gasteiger partial charge < -0.3 is 15.0 Å². The highest BCUT2D eigenvalue weighted by atomic mass is 35.5. The van der Waals surface area contributed by atoms with Crippen LogP contribution in [0.15, 0.2) is 42.5 Å². The number of nitrogens with one attached hydrogen (secondary N) is 1. The lowest BCUT2D eigenvalue weighted by Gasteiger charge is -2.25. The number of amides is 1. The zero-order valence-electron chi connectivity index (χ0n) is 16.4. The summed E-state index contributed by atoms with van der Waals surface area (Å²) >= 11 is 12.0. The highest BCUT2D eigenvalue weighted by Crippen LogP contribution is 2.37. The van der Waals surface area contributed by atoms with E-state index in [9.17, 15) is 4.79 Å². The first-order valence-corrected chi connectivity index (χ1v) is 10.6. The van der Waals surface area contributed by atoms with Gasteiger partial charge in [0, 0.05) is 23.6 Å². The third-order valence-electron chi connectivity index (χ3n) is 5.67. The molecule has 1 aliphatic carbocycles. The molecule has 4 nitrogen and oxygen atoms in total. The molecule has 1 atom stereocenters. The normalized spacial score (nSPS) is 18.2. The molecule has 2 aliphatic rings. The Morgan fingerprint density at radius 2 is 1.97 bits per heavy atom. The maximum Gasteiger partial charge on any atom is 0.410 e. The zero-order valence-corrected chi connectivity index (χ0v) is 17.9. The second kappa shape index (κ2) is 8.78. The van der Waals surface area contributed by atoms with Crippen molar-refractivity contribution in [2.24, 2.45) is 0 Å². The van der Waals surface area contributed by atoms with Crippen molar-refractivity contribution in [3.63, 3.8) is 0 Å². The van der Waals surface area contributed by atoms with Gasteiger partial charge in [-0.25, -0.2) is 4.79 Å². The van der Waals surface area contributed by atoms with Gasteiger partial charge in [0.05, 0.1) is 6.04 Å². The number of fused-ring (bicyclic) bond motifs is 1. The van der Waals surface area contributed by atoms with E-state index in [4.69, 9.17) is 27.9 Å². The average Bonchev–Trinajstić information content (AvgIpc) is 3.14. The molecule has 0 radical (unpaired) electrons. The van der Waals surface area contributed by atoms with Crippen LogP contribution < -0.4 is 5.32 Å². The van der Waals surface area contributed by atoms with Crippen LogP contribution in [0.2, 0.25) is 10.0 Å². The van der Waals surface area contributed by atoms with Gasteiger partial charge in [0.15, 0.2) is 0 Å². The van der Waals surface area contributed by atoms with Crippen LogP contribution in [-0.4, -0.2) is 31.1 Å². The molecule has 29 heavy (non-hydrogen) atoms. The predicted octanol–water partition coefficient (Wildman–Crippen LogP) is 5.63. The first-order chi connectivity index (χ1) is 14.0. The number of carbonyl (C=O) groups is 1. The number of nitrogens with zero attached hydrogens (tertiary/aromatic N) is 1. The van der Waals surface area contributed by atoms with Gasteiger partial charge in [-0.15, -0.1) is 0 Å². The Kier molecular flexibility index (Phi) is 6.14. The second-order valence-corrected chi connectivity index (χ2v) is 8.47. The molecule has 6 heteroatoms. The van der Waals surface area contributed by atoms with Crippen molar-refractivity contribution >= 4 is 34.9 Å². The van der Waals surface area contributed by atoms with Crippen LogP contribution in [0, 0.1) is 0 Å². The number of hydrogen-bond acceptors (Lipinski definition) is 3. The number of rotatable bonds is 4. The van der Waals surface area contributed by atoms with Gasteiger partial charge in [0.25, 0.3) is 0 Å². The second-order valence-electron chi connectivity index (χ2n) is 7.59. The molecule has 0 bridgehead atoms. The Bertz CT molecular complexity index is 938. The summed E-state index contributed by atoms with van der Waals surface area (Å²) in [6.07, 6.45) is 4.83. The van der Waals surface area contributed by atoms with Crippen molar-refractivity contribution in [2.45, 2.75) is 31.9 Å². The fourth-order valence-electron chi connectivity index (χ4n) is 4.14. The lowest BCUT2D eigenvalue weighted by atomic mass is 9.96. The number of carbonyl (C=O) groups excluding carboxylic acids is 1. The van der Waals surface area contributed by atoms with Crippen LogP contribution in [0.1, 0.15) is 41.1 Å². The molecule has 2 aromatic carbocycles. The fourth-order valence-corrected chi connectivity index (χ4v) is 4.71. The van der Waals surface area contributed by atoms with Gasteiger partial charge in [-0.3, -0.25) is 0 Å². The molecular weight excluding hydrogens is 407 g/mol. The molecule has 2 aromatic rings. The van der Waals surface area contributed by atoms with E-state index < -0.39 is 0 Å². The van der Waals surface area contributed by atoms with Gasteiger partial charge >= 0.3 is 6.09 Å². The number of halogens is 2. The molecule has 1 heterocycles. The molecule has 0 saturated heterocycles. The van der Waals surface area contributed by atoms with Crippen LogP contribution in [0.5, 0.6) is 0 Å². The highest BCUT2D eigenvalue weighted by molar-refractivity contribution is 6.34. The van der Waals surface area contributed by atoms with Gasteiger partial charge in [0.2, 0.25) is 0 Å². The van der Waals surface area contributed by atoms with Crippen molar-refractivity contribution in [1.29, 1.82) is 0 Å². The van der Waals surface area contributed by atoms with E-state index in [2.05, 4.69) is 29.6 Å². The van der Waals surface area contributed by atoms with Crippen molar-refractivity contribution in [2.75, 3.05) is 20.1 Å². The van der Waals surface area contributed by atoms with Crippen LogP contribution in [-0.2, 0) is 17.8 Å². The van der Waals surface area contributed by atoms with Gasteiger partial charge in [0.1, 0.15) is 6.61 Å². The maximum absolute atomic E-state index is 12.7. The van der Waals surface area contributed by atoms with E-state index in [1.807, 2.05) is 7.05 Å². The van der Waals surface area contributed by atoms with Crippen molar-refractivity contribution in [1.82, 2.24) is 10.2 Å². The van der Waals surface area contributed by atoms with Crippen LogP contribution in [0.3, 0.4) is 0 Å². The summed E-state index contributed by atoms with van der Waals surface area (Å²) in [5.41, 5.74) is 5.95. The molecule has 0 fully saturated rings. The molecule has 4 rings (SSSR count). The number of benzene rings is 2. The minimum Gasteiger partial charge on any atom is -0.445 e. The third kappa shape index (κ3) is 4.61. The quantitative estimate of drug-likeness (QED) is 0.683. The Balaban J connectivity index is 1.46. The van der Waals surface area contributed by atoms with Crippen molar-refractivity contribution in [3.05, 3.63) is 74.8 Å². The van der Waals surface area contributed by atoms with E-state index >= 15 is 0 Å². The van der Waals surface area contributed by atoms with Crippen LogP contribution >= 0.6 is 23.2 Å². The van der Waals surface area contributed by atoms with Crippen molar-refractivity contribution < 1.29 is 9.53 Å². The SMILES string of the molecule is CN(C(=O)OCc1cc(Cl)cc(Cl)c1)C1CCc2ccc(C3=CCNCC3)cc21. The van der Waals surface area contributed by atoms with Crippen LogP contribution in [0.4, 0.5) is 4.79 Å². The first kappa shape index (κ1) is 20.3. The smallest absolute Gasteiger partial charge is 0.410 e. The molecule has 1 unspecified atom stereocenters. The van der Waals surface area contributed by atoms with E-state index in [-0.39, 0.29) is 18.7 Å². The number of aryl methyl sites for hydroxylation is 1. The van der Waals surface area contributed by atoms with Gasteiger partial charge in [-0.1, -0.05) is 41.4 Å². The highest BCUT2D eigenvalue weighted by Gasteiger charge is 2.30. The summed E-state index contributed by atoms with van der Waals surface area (Å²) in [4.78, 5) is 14.4. The number of ether oxygens (including phenoxy) is 1. The third-order valence-corrected chi connectivity index (χ3v) is 6.10. The van der Waals surface area contributed by atoms with E-state index in [0.717, 1.165) is 37.9 Å². The Labute approximate surface area is 181 Å². The summed E-state index contributed by atoms with van der Waals surface area (Å²) in [6, 6.07) is 11.9. The number of hydrogen-bond donors (Lipinski definition) is 1. The van der Waals surface area contributed by atoms with Gasteiger partial charge in [-0.2, -0.15) is 0 Å². The summed E-state index contributed by atoms with van der Waals surface area (Å²) in [6.45, 7) is 2.06. The van der Waals surface area contributed by atoms with Gasteiger partial charge in [-0.05, 0) is 77.9 Å². The largest absolute Gasteiger partial charge is 0.445 e. The Morgan fingerprint density at radius 1 is 1.17 bits per heavy atom. The molecule has 152 valence electrons. The molecule has 1 aliphatic heterocycles. The molecule has 0 saturated carbocycles. The van der Waals surface area contributed by atoms with E-state index in [1.54, 1.807) is 23.1 Å². The first-order valence-electron chi connectivity index (χ1n) is 9.89. The topological polar surface area (TPSA) is 41.6 Å². The Hall–Kier alpha value is -2.01. The zero-order chi connectivity index (χ0) is 20.4. The fraction of sp³-hybridized carbons (Fsp3) is 0.348. The van der Waals surface area contributed by atoms with Crippen LogP contribution in [0.25, 0.3) is 5.57 Å². The lowest BCUT2D eigenvalue weighted by Crippen LogP contribution is -2.30. The molecule has 0 spiro atoms. The van der Waals surface area contributed by atoms with E-state index in [0.29, 0.717) is 10.0 Å². The molecular formula is C23H24Cl2N2O2. The minimum absolute atomic E-state index is 0.0303. The maximum atomic E-state index is 12.7. The summed E-state index contributed by atoms with van der Waals surface area (Å²) < 4.78 is 5.52. The lowest BCUT2D eigenvalue weighted by molar-refractivity contribution is 0.0909. The average molecular weight is 431 g/mol. The summed E-state index contributed by atoms with van der Waals surface area (Å²) in [5.74, 6) is 0. The molecule has 1 amide bonds. The predicted molar refractivity (Wildman–Crippen MR) is 117 cm³/mol. The standard InChI is InChI=1S/C23H24Cl2N2O2/c1-27(23(28)29-14-15-10-19(24)13-20(25)11-15)22-5-4-17-2-3-18(12-21(17)22)16-6-8-26-9-7-16/h2-3,6,10-13,22,26H,4-5,7-9,14H2,1H3. The monoisotopic (exact) mass is 430 g/mol. The minimum atomic E-state index is -0.342. The summed E-state index contributed by atoms with van der Waals surface area (Å²) in [7, 11) is 1.81. The Morgan fingerprint density at radius 3 is 2.69 bits per heavy atom. The molecule has 0 aromatic heterocycles. The van der Waals surface area contributed by atoms with E-state index in [1.165, 1.54) is 22.3 Å². The summed E-state index contributed by atoms with van der Waals surface area (Å²) in [5, 5.41) is 4.41. The van der Waals surface area contributed by atoms with Crippen molar-refractivity contribution in [3.8, 4) is 0 Å². The molecule has 1 N–H and O–H groups in total.